The van der Waals surface area contributed by atoms with Crippen LogP contribution >= 0.6 is 0 Å². The highest BCUT2D eigenvalue weighted by Crippen LogP contribution is 2.53. The normalized spacial score (nSPS) is 27.0. The van der Waals surface area contributed by atoms with Crippen LogP contribution in [0, 0.1) is 11.8 Å². The summed E-state index contributed by atoms with van der Waals surface area (Å²) in [6.07, 6.45) is -1.23. The minimum Gasteiger partial charge on any atom is -0.373 e. The number of methoxy groups -OCH3 is 1. The first-order valence-electron chi connectivity index (χ1n) is 10.9. The van der Waals surface area contributed by atoms with Gasteiger partial charge >= 0.3 is 6.18 Å². The van der Waals surface area contributed by atoms with Crippen molar-refractivity contribution in [2.24, 2.45) is 11.8 Å². The van der Waals surface area contributed by atoms with E-state index in [1.807, 2.05) is 18.2 Å². The molecular weight excluding hydrogens is 401 g/mol. The molecule has 1 aliphatic heterocycles. The van der Waals surface area contributed by atoms with Gasteiger partial charge in [-0.2, -0.15) is 13.2 Å². The van der Waals surface area contributed by atoms with Crippen LogP contribution in [0.4, 0.5) is 13.2 Å². The lowest BCUT2D eigenvalue weighted by Crippen LogP contribution is -2.58. The zero-order valence-corrected chi connectivity index (χ0v) is 17.6. The molecule has 164 valence electrons. The van der Waals surface area contributed by atoms with Crippen molar-refractivity contribution in [3.8, 4) is 0 Å². The van der Waals surface area contributed by atoms with Crippen LogP contribution in [0.3, 0.4) is 0 Å². The van der Waals surface area contributed by atoms with Crippen molar-refractivity contribution in [2.75, 3.05) is 20.2 Å². The van der Waals surface area contributed by atoms with Gasteiger partial charge in [0.05, 0.1) is 0 Å². The first-order valence-corrected chi connectivity index (χ1v) is 10.9. The molecule has 1 aromatic heterocycles. The molecular formula is C25H27F3N2O. The number of benzene rings is 2. The summed E-state index contributed by atoms with van der Waals surface area (Å²) in [7, 11) is 1.73. The highest BCUT2D eigenvalue weighted by atomic mass is 19.4. The number of rotatable bonds is 4. The summed E-state index contributed by atoms with van der Waals surface area (Å²) < 4.78 is 46.5. The van der Waals surface area contributed by atoms with Crippen molar-refractivity contribution in [3.63, 3.8) is 0 Å². The molecule has 3 nitrogen and oxygen atoms in total. The van der Waals surface area contributed by atoms with E-state index in [1.54, 1.807) is 13.2 Å². The molecule has 5 rings (SSSR count). The highest BCUT2D eigenvalue weighted by Gasteiger charge is 2.53. The lowest BCUT2D eigenvalue weighted by molar-refractivity contribution is -0.169. The zero-order valence-electron chi connectivity index (χ0n) is 17.6. The molecule has 6 heteroatoms. The van der Waals surface area contributed by atoms with Gasteiger partial charge in [-0.3, -0.25) is 4.90 Å². The number of nitrogens with one attached hydrogen (secondary N) is 1. The fourth-order valence-corrected chi connectivity index (χ4v) is 6.03. The maximum Gasteiger partial charge on any atom is 0.431 e. The minimum atomic E-state index is -4.40. The summed E-state index contributed by atoms with van der Waals surface area (Å²) >= 11 is 0. The first kappa shape index (κ1) is 20.6. The van der Waals surface area contributed by atoms with E-state index < -0.39 is 17.5 Å². The fourth-order valence-electron chi connectivity index (χ4n) is 6.03. The van der Waals surface area contributed by atoms with Crippen molar-refractivity contribution in [1.29, 1.82) is 0 Å². The molecule has 0 spiro atoms. The molecule has 1 aliphatic carbocycles. The van der Waals surface area contributed by atoms with E-state index >= 15 is 0 Å². The molecule has 2 aromatic carbocycles. The monoisotopic (exact) mass is 428 g/mol. The van der Waals surface area contributed by atoms with Crippen molar-refractivity contribution < 1.29 is 17.9 Å². The second-order valence-corrected chi connectivity index (χ2v) is 8.95. The Morgan fingerprint density at radius 3 is 2.39 bits per heavy atom. The van der Waals surface area contributed by atoms with Crippen LogP contribution in [0.25, 0.3) is 10.9 Å². The smallest absolute Gasteiger partial charge is 0.373 e. The van der Waals surface area contributed by atoms with E-state index in [0.29, 0.717) is 10.9 Å². The van der Waals surface area contributed by atoms with Crippen LogP contribution < -0.4 is 0 Å². The average Bonchev–Trinajstić information content (AvgIpc) is 3.19. The number of likely N-dealkylation sites (tertiary alicyclic amines) is 1. The third kappa shape index (κ3) is 3.46. The molecule has 0 amide bonds. The number of aromatic amines is 1. The molecule has 1 saturated heterocycles. The number of hydrogen-bond acceptors (Lipinski definition) is 2. The van der Waals surface area contributed by atoms with Gasteiger partial charge in [0.15, 0.2) is 0 Å². The summed E-state index contributed by atoms with van der Waals surface area (Å²) in [5.74, 6) is 0.479. The maximum atomic E-state index is 13.4. The van der Waals surface area contributed by atoms with Gasteiger partial charge in [0, 0.05) is 49.5 Å². The van der Waals surface area contributed by atoms with Crippen LogP contribution in [-0.4, -0.2) is 30.1 Å². The van der Waals surface area contributed by atoms with Crippen LogP contribution in [0.1, 0.15) is 36.1 Å². The summed E-state index contributed by atoms with van der Waals surface area (Å²) in [4.78, 5) is 5.06. The largest absolute Gasteiger partial charge is 0.431 e. The number of aromatic nitrogens is 1. The highest BCUT2D eigenvalue weighted by molar-refractivity contribution is 5.85. The standard InChI is InChI=1S/C25H27F3N2O/c1-31-24(21-11-6-12-22-20(21)13-23(29-22)25(26,27)28)18-9-5-10-19(24)16-30(15-18)14-17-7-3-2-4-8-17/h2-4,6-8,11-13,18-19,29H,5,9-10,14-16H2,1H3. The lowest BCUT2D eigenvalue weighted by Gasteiger charge is -2.55. The van der Waals surface area contributed by atoms with Crippen molar-refractivity contribution in [1.82, 2.24) is 9.88 Å². The van der Waals surface area contributed by atoms with Gasteiger partial charge in [0.2, 0.25) is 0 Å². The van der Waals surface area contributed by atoms with Gasteiger partial charge in [-0.25, -0.2) is 0 Å². The predicted octanol–water partition coefficient (Wildman–Crippen LogP) is 5.96. The maximum absolute atomic E-state index is 13.4. The number of piperidine rings is 1. The van der Waals surface area contributed by atoms with Gasteiger partial charge < -0.3 is 9.72 Å². The molecule has 3 aromatic rings. The van der Waals surface area contributed by atoms with E-state index in [-0.39, 0.29) is 11.8 Å². The summed E-state index contributed by atoms with van der Waals surface area (Å²) in [5.41, 5.74) is 1.44. The molecule has 1 N–H and O–H groups in total. The Bertz CT molecular complexity index is 1050. The number of alkyl halides is 3. The Labute approximate surface area is 180 Å². The molecule has 0 radical (unpaired) electrons. The SMILES string of the molecule is COC1(c2cccc3[nH]c(C(F)(F)F)cc23)C2CCCC1CN(Cc1ccccc1)C2. The second-order valence-electron chi connectivity index (χ2n) is 8.95. The van der Waals surface area contributed by atoms with E-state index in [1.165, 1.54) is 11.6 Å². The number of nitrogens with zero attached hydrogens (tertiary/aromatic N) is 1. The molecule has 2 fully saturated rings. The Morgan fingerprint density at radius 1 is 1.03 bits per heavy atom. The van der Waals surface area contributed by atoms with E-state index in [4.69, 9.17) is 4.74 Å². The van der Waals surface area contributed by atoms with E-state index in [2.05, 4.69) is 34.1 Å². The Kier molecular flexibility index (Phi) is 5.10. The van der Waals surface area contributed by atoms with Crippen LogP contribution in [0.2, 0.25) is 0 Å². The molecule has 2 unspecified atom stereocenters. The van der Waals surface area contributed by atoms with Gasteiger partial charge in [-0.05, 0) is 36.1 Å². The zero-order chi connectivity index (χ0) is 21.6. The van der Waals surface area contributed by atoms with Crippen LogP contribution in [0.5, 0.6) is 0 Å². The average molecular weight is 428 g/mol. The third-order valence-electron chi connectivity index (χ3n) is 7.25. The van der Waals surface area contributed by atoms with Gasteiger partial charge in [-0.1, -0.05) is 48.9 Å². The van der Waals surface area contributed by atoms with Crippen molar-refractivity contribution in [2.45, 2.75) is 37.6 Å². The first-order chi connectivity index (χ1) is 14.9. The number of fused-ring (bicyclic) bond motifs is 3. The Balaban J connectivity index is 1.54. The van der Waals surface area contributed by atoms with E-state index in [0.717, 1.165) is 44.5 Å². The molecule has 2 atom stereocenters. The molecule has 2 heterocycles. The van der Waals surface area contributed by atoms with Crippen LogP contribution in [-0.2, 0) is 23.1 Å². The minimum absolute atomic E-state index is 0.239. The van der Waals surface area contributed by atoms with E-state index in [9.17, 15) is 13.2 Å². The van der Waals surface area contributed by atoms with Crippen molar-refractivity contribution in [3.05, 3.63) is 71.4 Å². The fraction of sp³-hybridized carbons (Fsp3) is 0.440. The van der Waals surface area contributed by atoms with Gasteiger partial charge in [-0.15, -0.1) is 0 Å². The van der Waals surface area contributed by atoms with Crippen molar-refractivity contribution >= 4 is 10.9 Å². The quantitative estimate of drug-likeness (QED) is 0.555. The second kappa shape index (κ2) is 7.68. The predicted molar refractivity (Wildman–Crippen MR) is 115 cm³/mol. The van der Waals surface area contributed by atoms with Crippen LogP contribution in [0.15, 0.2) is 54.6 Å². The molecule has 1 saturated carbocycles. The number of H-pyrrole nitrogens is 1. The summed E-state index contributed by atoms with van der Waals surface area (Å²) in [5, 5.41) is 0.630. The van der Waals surface area contributed by atoms with Gasteiger partial charge in [0.25, 0.3) is 0 Å². The Morgan fingerprint density at radius 2 is 1.74 bits per heavy atom. The Hall–Kier alpha value is -2.31. The number of hydrogen-bond donors (Lipinski definition) is 1. The topological polar surface area (TPSA) is 28.3 Å². The molecule has 2 aliphatic rings. The summed E-state index contributed by atoms with van der Waals surface area (Å²) in [6, 6.07) is 17.2. The number of halogens is 3. The third-order valence-corrected chi connectivity index (χ3v) is 7.25. The lowest BCUT2D eigenvalue weighted by atomic mass is 9.62. The molecule has 31 heavy (non-hydrogen) atoms. The van der Waals surface area contributed by atoms with Gasteiger partial charge in [0.1, 0.15) is 11.3 Å². The summed E-state index contributed by atoms with van der Waals surface area (Å²) in [6.45, 7) is 2.65. The molecule has 2 bridgehead atoms. The number of ether oxygens (including phenoxy) is 1.